The van der Waals surface area contributed by atoms with E-state index in [0.717, 1.165) is 0 Å². The van der Waals surface area contributed by atoms with Gasteiger partial charge in [-0.05, 0) is 50.8 Å². The minimum absolute atomic E-state index is 0.109. The molecule has 2 saturated heterocycles. The van der Waals surface area contributed by atoms with E-state index < -0.39 is 0 Å². The first-order valence-electron chi connectivity index (χ1n) is 10.4. The Morgan fingerprint density at radius 1 is 0.857 bits per heavy atom. The van der Waals surface area contributed by atoms with Gasteiger partial charge in [0.05, 0.1) is 5.56 Å². The third-order valence-corrected chi connectivity index (χ3v) is 6.21. The van der Waals surface area contributed by atoms with Gasteiger partial charge in [0.25, 0.3) is 5.91 Å². The van der Waals surface area contributed by atoms with E-state index in [9.17, 15) is 9.59 Å². The van der Waals surface area contributed by atoms with E-state index >= 15 is 0 Å². The van der Waals surface area contributed by atoms with Crippen molar-refractivity contribution in [2.45, 2.75) is 38.1 Å². The van der Waals surface area contributed by atoms with Crippen molar-refractivity contribution < 1.29 is 9.59 Å². The quantitative estimate of drug-likeness (QED) is 0.805. The van der Waals surface area contributed by atoms with E-state index in [0.29, 0.717) is 35.2 Å². The van der Waals surface area contributed by atoms with Crippen LogP contribution < -0.4 is 5.32 Å². The van der Waals surface area contributed by atoms with Crippen molar-refractivity contribution in [3.8, 4) is 0 Å². The molecular weight excluding hydrogens is 348 g/mol. The van der Waals surface area contributed by atoms with E-state index in [1.54, 1.807) is 24.3 Å². The monoisotopic (exact) mass is 376 g/mol. The molecule has 0 aliphatic carbocycles. The second kappa shape index (κ2) is 8.70. The summed E-state index contributed by atoms with van der Waals surface area (Å²) in [5, 5.41) is 3.13. The molecule has 2 aromatic rings. The minimum Gasteiger partial charge on any atom is -0.352 e. The molecule has 2 aliphatic heterocycles. The molecule has 0 unspecified atom stereocenters. The van der Waals surface area contributed by atoms with Crippen LogP contribution in [0.4, 0.5) is 0 Å². The third-order valence-electron chi connectivity index (χ3n) is 6.21. The molecule has 0 bridgehead atoms. The smallest absolute Gasteiger partial charge is 0.252 e. The van der Waals surface area contributed by atoms with Crippen molar-refractivity contribution in [3.63, 3.8) is 0 Å². The summed E-state index contributed by atoms with van der Waals surface area (Å²) in [5.74, 6) is 0.255. The number of hydrogen-bond donors (Lipinski definition) is 1. The van der Waals surface area contributed by atoms with Crippen molar-refractivity contribution in [2.24, 2.45) is 5.92 Å². The summed E-state index contributed by atoms with van der Waals surface area (Å²) in [6, 6.07) is 16.9. The second-order valence-electron chi connectivity index (χ2n) is 7.95. The predicted molar refractivity (Wildman–Crippen MR) is 111 cm³/mol. The Morgan fingerprint density at radius 3 is 2.39 bits per heavy atom. The van der Waals surface area contributed by atoms with E-state index in [1.165, 1.54) is 45.2 Å². The Kier molecular flexibility index (Phi) is 5.87. The zero-order chi connectivity index (χ0) is 19.3. The van der Waals surface area contributed by atoms with Crippen LogP contribution in [0.15, 0.2) is 54.6 Å². The van der Waals surface area contributed by atoms with Crippen LogP contribution in [0, 0.1) is 5.92 Å². The molecule has 2 aliphatic rings. The largest absolute Gasteiger partial charge is 0.352 e. The Balaban J connectivity index is 1.46. The number of nitrogens with zero attached hydrogens (tertiary/aromatic N) is 1. The number of carbonyl (C=O) groups is 2. The number of fused-ring (bicyclic) bond motifs is 1. The molecule has 0 radical (unpaired) electrons. The molecule has 4 nitrogen and oxygen atoms in total. The van der Waals surface area contributed by atoms with E-state index in [2.05, 4.69) is 10.2 Å². The van der Waals surface area contributed by atoms with E-state index in [1.807, 2.05) is 30.3 Å². The first kappa shape index (κ1) is 18.9. The maximum atomic E-state index is 12.9. The topological polar surface area (TPSA) is 49.4 Å². The number of carbonyl (C=O) groups excluding carboxylic acids is 2. The summed E-state index contributed by atoms with van der Waals surface area (Å²) in [6.45, 7) is 3.08. The number of piperidine rings is 2. The minimum atomic E-state index is -0.146. The lowest BCUT2D eigenvalue weighted by atomic mass is 9.83. The van der Waals surface area contributed by atoms with Crippen LogP contribution in [0.2, 0.25) is 0 Å². The SMILES string of the molecule is O=C(NC[C@@H]1CCCN2CCCC[C@H]12)c1ccccc1C(=O)c1ccccc1. The van der Waals surface area contributed by atoms with Gasteiger partial charge in [-0.15, -0.1) is 0 Å². The highest BCUT2D eigenvalue weighted by atomic mass is 16.2. The van der Waals surface area contributed by atoms with Crippen LogP contribution in [0.3, 0.4) is 0 Å². The van der Waals surface area contributed by atoms with Gasteiger partial charge >= 0.3 is 0 Å². The van der Waals surface area contributed by atoms with Gasteiger partial charge in [0.15, 0.2) is 5.78 Å². The summed E-state index contributed by atoms with van der Waals surface area (Å²) in [5.41, 5.74) is 1.54. The molecule has 146 valence electrons. The second-order valence-corrected chi connectivity index (χ2v) is 7.95. The van der Waals surface area contributed by atoms with E-state index in [-0.39, 0.29) is 11.7 Å². The van der Waals surface area contributed by atoms with Crippen LogP contribution >= 0.6 is 0 Å². The molecule has 2 fully saturated rings. The number of benzene rings is 2. The third kappa shape index (κ3) is 4.02. The number of rotatable bonds is 5. The van der Waals surface area contributed by atoms with Crippen LogP contribution in [-0.2, 0) is 0 Å². The van der Waals surface area contributed by atoms with Crippen LogP contribution in [0.1, 0.15) is 58.4 Å². The maximum absolute atomic E-state index is 12.9. The zero-order valence-corrected chi connectivity index (χ0v) is 16.3. The number of amides is 1. The molecule has 1 amide bonds. The van der Waals surface area contributed by atoms with Crippen LogP contribution in [0.25, 0.3) is 0 Å². The zero-order valence-electron chi connectivity index (χ0n) is 16.3. The molecule has 2 aromatic carbocycles. The molecule has 4 rings (SSSR count). The fourth-order valence-electron chi connectivity index (χ4n) is 4.76. The highest BCUT2D eigenvalue weighted by Crippen LogP contribution is 2.30. The van der Waals surface area contributed by atoms with Crippen molar-refractivity contribution in [1.82, 2.24) is 10.2 Å². The van der Waals surface area contributed by atoms with Gasteiger partial charge in [0.1, 0.15) is 0 Å². The lowest BCUT2D eigenvalue weighted by Gasteiger charge is -2.44. The molecule has 2 heterocycles. The number of hydrogen-bond acceptors (Lipinski definition) is 3. The summed E-state index contributed by atoms with van der Waals surface area (Å²) in [6.07, 6.45) is 6.21. The van der Waals surface area contributed by atoms with Gasteiger partial charge in [-0.2, -0.15) is 0 Å². The molecule has 0 aromatic heterocycles. The number of nitrogens with one attached hydrogen (secondary N) is 1. The van der Waals surface area contributed by atoms with Crippen molar-refractivity contribution in [1.29, 1.82) is 0 Å². The average molecular weight is 377 g/mol. The highest BCUT2D eigenvalue weighted by molar-refractivity contribution is 6.15. The van der Waals surface area contributed by atoms with Gasteiger partial charge < -0.3 is 10.2 Å². The number of ketones is 1. The van der Waals surface area contributed by atoms with Crippen molar-refractivity contribution >= 4 is 11.7 Å². The normalized spacial score (nSPS) is 22.3. The molecule has 1 N–H and O–H groups in total. The fourth-order valence-corrected chi connectivity index (χ4v) is 4.76. The Labute approximate surface area is 166 Å². The van der Waals surface area contributed by atoms with Crippen LogP contribution in [0.5, 0.6) is 0 Å². The van der Waals surface area contributed by atoms with Gasteiger partial charge in [-0.1, -0.05) is 55.0 Å². The lowest BCUT2D eigenvalue weighted by molar-refractivity contribution is 0.0575. The average Bonchev–Trinajstić information content (AvgIpc) is 2.77. The van der Waals surface area contributed by atoms with Crippen molar-refractivity contribution in [2.75, 3.05) is 19.6 Å². The molecule has 0 saturated carbocycles. The maximum Gasteiger partial charge on any atom is 0.252 e. The fraction of sp³-hybridized carbons (Fsp3) is 0.417. The van der Waals surface area contributed by atoms with E-state index in [4.69, 9.17) is 0 Å². The summed E-state index contributed by atoms with van der Waals surface area (Å²) >= 11 is 0. The highest BCUT2D eigenvalue weighted by Gasteiger charge is 2.33. The standard InChI is InChI=1S/C24H28N2O2/c27-23(18-9-2-1-3-10-18)20-12-4-5-13-21(20)24(28)25-17-19-11-8-16-26-15-7-6-14-22(19)26/h1-5,9-10,12-13,19,22H,6-8,11,14-17H2,(H,25,28)/t19-,22+/m0/s1. The van der Waals surface area contributed by atoms with Gasteiger partial charge in [0, 0.05) is 23.7 Å². The first-order valence-corrected chi connectivity index (χ1v) is 10.4. The lowest BCUT2D eigenvalue weighted by Crippen LogP contribution is -2.51. The van der Waals surface area contributed by atoms with Crippen molar-refractivity contribution in [3.05, 3.63) is 71.3 Å². The Hall–Kier alpha value is -2.46. The molecule has 4 heteroatoms. The van der Waals surface area contributed by atoms with Gasteiger partial charge in [-0.25, -0.2) is 0 Å². The van der Waals surface area contributed by atoms with Gasteiger partial charge in [0.2, 0.25) is 0 Å². The summed E-state index contributed by atoms with van der Waals surface area (Å²) in [7, 11) is 0. The Bertz CT molecular complexity index is 832. The first-order chi connectivity index (χ1) is 13.7. The summed E-state index contributed by atoms with van der Waals surface area (Å²) < 4.78 is 0. The molecule has 2 atom stereocenters. The predicted octanol–water partition coefficient (Wildman–Crippen LogP) is 3.91. The molecule has 0 spiro atoms. The summed E-state index contributed by atoms with van der Waals surface area (Å²) in [4.78, 5) is 28.4. The molecular formula is C24H28N2O2. The van der Waals surface area contributed by atoms with Crippen LogP contribution in [-0.4, -0.2) is 42.3 Å². The van der Waals surface area contributed by atoms with Gasteiger partial charge in [-0.3, -0.25) is 9.59 Å². The molecule has 28 heavy (non-hydrogen) atoms. The Morgan fingerprint density at radius 2 is 1.57 bits per heavy atom.